The fraction of sp³-hybridized carbons (Fsp3) is 0.909. The van der Waals surface area contributed by atoms with Gasteiger partial charge in [0.15, 0.2) is 0 Å². The molecule has 2 atom stereocenters. The van der Waals surface area contributed by atoms with Crippen LogP contribution in [0.5, 0.6) is 0 Å². The maximum atomic E-state index is 11.5. The SMILES string of the molecule is CC1C(=O)NCCN1CC1CCCNC1.Cl. The molecular weight excluding hydrogens is 226 g/mol. The molecule has 1 amide bonds. The molecule has 2 heterocycles. The normalized spacial score (nSPS) is 31.7. The van der Waals surface area contributed by atoms with E-state index in [0.29, 0.717) is 0 Å². The summed E-state index contributed by atoms with van der Waals surface area (Å²) < 4.78 is 0. The summed E-state index contributed by atoms with van der Waals surface area (Å²) in [5.74, 6) is 0.914. The number of nitrogens with one attached hydrogen (secondary N) is 2. The number of piperazine rings is 1. The quantitative estimate of drug-likeness (QED) is 0.734. The maximum absolute atomic E-state index is 11.5. The molecule has 0 aromatic heterocycles. The average molecular weight is 248 g/mol. The molecule has 2 unspecified atom stereocenters. The third kappa shape index (κ3) is 3.34. The molecule has 0 aromatic rings. The molecule has 94 valence electrons. The number of carbonyl (C=O) groups excluding carboxylic acids is 1. The number of nitrogens with zero attached hydrogens (tertiary/aromatic N) is 1. The van der Waals surface area contributed by atoms with Crippen molar-refractivity contribution in [2.45, 2.75) is 25.8 Å². The minimum atomic E-state index is 0. The van der Waals surface area contributed by atoms with E-state index in [9.17, 15) is 4.79 Å². The monoisotopic (exact) mass is 247 g/mol. The van der Waals surface area contributed by atoms with Gasteiger partial charge in [0, 0.05) is 19.6 Å². The molecule has 0 aliphatic carbocycles. The summed E-state index contributed by atoms with van der Waals surface area (Å²) in [5.41, 5.74) is 0. The Hall–Kier alpha value is -0.320. The lowest BCUT2D eigenvalue weighted by Gasteiger charge is -2.36. The van der Waals surface area contributed by atoms with Gasteiger partial charge in [0.05, 0.1) is 6.04 Å². The van der Waals surface area contributed by atoms with Crippen molar-refractivity contribution in [3.63, 3.8) is 0 Å². The molecule has 4 nitrogen and oxygen atoms in total. The van der Waals surface area contributed by atoms with Gasteiger partial charge in [-0.15, -0.1) is 12.4 Å². The molecule has 2 fully saturated rings. The van der Waals surface area contributed by atoms with Gasteiger partial charge < -0.3 is 10.6 Å². The Morgan fingerprint density at radius 3 is 2.94 bits per heavy atom. The highest BCUT2D eigenvalue weighted by molar-refractivity contribution is 5.85. The molecule has 2 aliphatic heterocycles. The van der Waals surface area contributed by atoms with Crippen LogP contribution in [0.1, 0.15) is 19.8 Å². The van der Waals surface area contributed by atoms with Gasteiger partial charge in [0.2, 0.25) is 5.91 Å². The standard InChI is InChI=1S/C11H21N3O.ClH/c1-9-11(15)13-5-6-14(9)8-10-3-2-4-12-7-10;/h9-10,12H,2-8H2,1H3,(H,13,15);1H. The predicted molar refractivity (Wildman–Crippen MR) is 66.9 cm³/mol. The highest BCUT2D eigenvalue weighted by atomic mass is 35.5. The van der Waals surface area contributed by atoms with Crippen LogP contribution < -0.4 is 10.6 Å². The maximum Gasteiger partial charge on any atom is 0.237 e. The molecule has 16 heavy (non-hydrogen) atoms. The Morgan fingerprint density at radius 1 is 1.44 bits per heavy atom. The molecule has 2 aliphatic rings. The molecular formula is C11H22ClN3O. The Morgan fingerprint density at radius 2 is 2.25 bits per heavy atom. The zero-order chi connectivity index (χ0) is 10.7. The van der Waals surface area contributed by atoms with Gasteiger partial charge in [0.1, 0.15) is 0 Å². The van der Waals surface area contributed by atoms with Crippen LogP contribution in [0.15, 0.2) is 0 Å². The molecule has 0 radical (unpaired) electrons. The summed E-state index contributed by atoms with van der Waals surface area (Å²) in [6.45, 7) is 7.16. The summed E-state index contributed by atoms with van der Waals surface area (Å²) in [6.07, 6.45) is 2.58. The van der Waals surface area contributed by atoms with Crippen molar-refractivity contribution in [2.24, 2.45) is 5.92 Å². The van der Waals surface area contributed by atoms with Crippen LogP contribution in [-0.4, -0.2) is 49.6 Å². The highest BCUT2D eigenvalue weighted by Gasteiger charge is 2.27. The van der Waals surface area contributed by atoms with Crippen molar-refractivity contribution >= 4 is 18.3 Å². The smallest absolute Gasteiger partial charge is 0.237 e. The van der Waals surface area contributed by atoms with E-state index >= 15 is 0 Å². The van der Waals surface area contributed by atoms with Crippen LogP contribution in [-0.2, 0) is 4.79 Å². The second kappa shape index (κ2) is 6.42. The van der Waals surface area contributed by atoms with Gasteiger partial charge in [-0.3, -0.25) is 9.69 Å². The molecule has 0 bridgehead atoms. The molecule has 2 rings (SSSR count). The van der Waals surface area contributed by atoms with Crippen molar-refractivity contribution in [3.05, 3.63) is 0 Å². The first-order valence-corrected chi connectivity index (χ1v) is 6.00. The number of halogens is 1. The van der Waals surface area contributed by atoms with E-state index in [-0.39, 0.29) is 24.4 Å². The minimum absolute atomic E-state index is 0. The van der Waals surface area contributed by atoms with E-state index in [1.54, 1.807) is 0 Å². The Balaban J connectivity index is 0.00000128. The Kier molecular flexibility index (Phi) is 5.52. The molecule has 2 saturated heterocycles. The first-order valence-electron chi connectivity index (χ1n) is 6.00. The summed E-state index contributed by atoms with van der Waals surface area (Å²) in [6, 6.07) is 0.0562. The van der Waals surface area contributed by atoms with Crippen molar-refractivity contribution < 1.29 is 4.79 Å². The van der Waals surface area contributed by atoms with E-state index < -0.39 is 0 Å². The van der Waals surface area contributed by atoms with E-state index in [1.165, 1.54) is 12.8 Å². The average Bonchev–Trinajstić information content (AvgIpc) is 2.26. The second-order valence-electron chi connectivity index (χ2n) is 4.67. The topological polar surface area (TPSA) is 44.4 Å². The zero-order valence-corrected chi connectivity index (χ0v) is 10.7. The molecule has 0 aromatic carbocycles. The van der Waals surface area contributed by atoms with E-state index in [2.05, 4.69) is 15.5 Å². The lowest BCUT2D eigenvalue weighted by atomic mass is 9.98. The van der Waals surface area contributed by atoms with Gasteiger partial charge in [-0.2, -0.15) is 0 Å². The lowest BCUT2D eigenvalue weighted by Crippen LogP contribution is -2.55. The van der Waals surface area contributed by atoms with Crippen molar-refractivity contribution in [1.29, 1.82) is 0 Å². The number of amides is 1. The summed E-state index contributed by atoms with van der Waals surface area (Å²) in [7, 11) is 0. The third-order valence-corrected chi connectivity index (χ3v) is 3.52. The fourth-order valence-electron chi connectivity index (χ4n) is 2.49. The fourth-order valence-corrected chi connectivity index (χ4v) is 2.49. The summed E-state index contributed by atoms with van der Waals surface area (Å²) >= 11 is 0. The lowest BCUT2D eigenvalue weighted by molar-refractivity contribution is -0.128. The van der Waals surface area contributed by atoms with Crippen molar-refractivity contribution in [2.75, 3.05) is 32.7 Å². The number of rotatable bonds is 2. The number of carbonyl (C=O) groups is 1. The number of hydrogen-bond donors (Lipinski definition) is 2. The second-order valence-corrected chi connectivity index (χ2v) is 4.67. The summed E-state index contributed by atoms with van der Waals surface area (Å²) in [4.78, 5) is 13.8. The number of piperidine rings is 1. The summed E-state index contributed by atoms with van der Waals surface area (Å²) in [5, 5.41) is 6.33. The van der Waals surface area contributed by atoms with Gasteiger partial charge in [-0.25, -0.2) is 0 Å². The van der Waals surface area contributed by atoms with Gasteiger partial charge in [-0.05, 0) is 38.8 Å². The Bertz CT molecular complexity index is 231. The van der Waals surface area contributed by atoms with Gasteiger partial charge in [0.25, 0.3) is 0 Å². The van der Waals surface area contributed by atoms with E-state index in [0.717, 1.165) is 38.6 Å². The van der Waals surface area contributed by atoms with Crippen LogP contribution in [0, 0.1) is 5.92 Å². The van der Waals surface area contributed by atoms with Crippen molar-refractivity contribution in [1.82, 2.24) is 15.5 Å². The van der Waals surface area contributed by atoms with E-state index in [1.807, 2.05) is 6.92 Å². The zero-order valence-electron chi connectivity index (χ0n) is 9.87. The third-order valence-electron chi connectivity index (χ3n) is 3.52. The molecule has 5 heteroatoms. The Labute approximate surface area is 104 Å². The molecule has 2 N–H and O–H groups in total. The predicted octanol–water partition coefficient (Wildman–Crippen LogP) is 0.228. The van der Waals surface area contributed by atoms with Crippen LogP contribution in [0.4, 0.5) is 0 Å². The van der Waals surface area contributed by atoms with Crippen LogP contribution in [0.3, 0.4) is 0 Å². The largest absolute Gasteiger partial charge is 0.353 e. The van der Waals surface area contributed by atoms with E-state index in [4.69, 9.17) is 0 Å². The molecule has 0 spiro atoms. The molecule has 0 saturated carbocycles. The van der Waals surface area contributed by atoms with Crippen molar-refractivity contribution in [3.8, 4) is 0 Å². The number of hydrogen-bond acceptors (Lipinski definition) is 3. The van der Waals surface area contributed by atoms with Crippen LogP contribution in [0.25, 0.3) is 0 Å². The van der Waals surface area contributed by atoms with Crippen LogP contribution >= 0.6 is 12.4 Å². The van der Waals surface area contributed by atoms with Gasteiger partial charge in [-0.1, -0.05) is 0 Å². The first-order chi connectivity index (χ1) is 7.27. The van der Waals surface area contributed by atoms with Gasteiger partial charge >= 0.3 is 0 Å². The minimum Gasteiger partial charge on any atom is -0.353 e. The van der Waals surface area contributed by atoms with Crippen LogP contribution in [0.2, 0.25) is 0 Å². The first kappa shape index (κ1) is 13.7. The highest BCUT2D eigenvalue weighted by Crippen LogP contribution is 2.14.